The molecule has 262 valence electrons. The van der Waals surface area contributed by atoms with Crippen LogP contribution >= 0.6 is 11.3 Å². The Bertz CT molecular complexity index is 1600. The number of carbonyl (C=O) groups excluding carboxylic acids is 2. The molecule has 0 radical (unpaired) electrons. The molecule has 2 aromatic carbocycles. The van der Waals surface area contributed by atoms with Gasteiger partial charge in [0.05, 0.1) is 37.5 Å². The molecule has 14 heteroatoms. The number of anilines is 2. The van der Waals surface area contributed by atoms with E-state index in [0.717, 1.165) is 24.2 Å². The predicted molar refractivity (Wildman–Crippen MR) is 187 cm³/mol. The van der Waals surface area contributed by atoms with Gasteiger partial charge in [0, 0.05) is 44.0 Å². The normalized spacial score (nSPS) is 20.1. The molecule has 0 saturated heterocycles. The first kappa shape index (κ1) is 37.0. The highest BCUT2D eigenvalue weighted by Crippen LogP contribution is 2.30. The van der Waals surface area contributed by atoms with Crippen LogP contribution in [0.25, 0.3) is 0 Å². The molecule has 0 bridgehead atoms. The number of hydrogen-bond acceptors (Lipinski definition) is 9. The van der Waals surface area contributed by atoms with Crippen LogP contribution in [0.5, 0.6) is 11.5 Å². The summed E-state index contributed by atoms with van der Waals surface area (Å²) in [7, 11) is -0.599. The van der Waals surface area contributed by atoms with Gasteiger partial charge in [0.1, 0.15) is 15.7 Å². The molecule has 1 aromatic heterocycles. The highest BCUT2D eigenvalue weighted by Gasteiger charge is 2.31. The van der Waals surface area contributed by atoms with Crippen molar-refractivity contribution in [2.75, 3.05) is 50.5 Å². The Morgan fingerprint density at radius 3 is 2.54 bits per heavy atom. The SMILES string of the molecule is COc1ccc(NC(=O)N(C)C[C@H]2OCCCC[C@@H](C)Oc3ccc(NS(=O)(=O)c4cccs4)cc3C(=O)N([C@H](C)CO)C[C@@H]2C)cc1. The Kier molecular flexibility index (Phi) is 13.1. The summed E-state index contributed by atoms with van der Waals surface area (Å²) in [6, 6.07) is 14.0. The Morgan fingerprint density at radius 1 is 1.15 bits per heavy atom. The van der Waals surface area contributed by atoms with Crippen LogP contribution in [0, 0.1) is 5.92 Å². The van der Waals surface area contributed by atoms with Crippen molar-refractivity contribution in [2.24, 2.45) is 5.92 Å². The van der Waals surface area contributed by atoms with Gasteiger partial charge in [-0.25, -0.2) is 13.2 Å². The maximum atomic E-state index is 14.3. The maximum absolute atomic E-state index is 14.3. The lowest BCUT2D eigenvalue weighted by Gasteiger charge is -2.35. The second-order valence-electron chi connectivity index (χ2n) is 12.1. The van der Waals surface area contributed by atoms with Crippen molar-refractivity contribution >= 4 is 44.7 Å². The molecule has 3 aromatic rings. The Labute approximate surface area is 287 Å². The van der Waals surface area contributed by atoms with E-state index in [1.165, 1.54) is 12.1 Å². The van der Waals surface area contributed by atoms with Gasteiger partial charge >= 0.3 is 6.03 Å². The molecular weight excluding hydrogens is 657 g/mol. The third-order valence-corrected chi connectivity index (χ3v) is 11.0. The molecule has 0 saturated carbocycles. The first-order valence-electron chi connectivity index (χ1n) is 16.0. The van der Waals surface area contributed by atoms with Gasteiger partial charge in [0.2, 0.25) is 0 Å². The van der Waals surface area contributed by atoms with Gasteiger partial charge < -0.3 is 34.4 Å². The molecule has 48 heavy (non-hydrogen) atoms. The van der Waals surface area contributed by atoms with Gasteiger partial charge in [0.15, 0.2) is 0 Å². The number of amides is 3. The second-order valence-corrected chi connectivity index (χ2v) is 14.9. The van der Waals surface area contributed by atoms with E-state index < -0.39 is 28.1 Å². The quantitative estimate of drug-likeness (QED) is 0.264. The molecule has 3 N–H and O–H groups in total. The van der Waals surface area contributed by atoms with Crippen LogP contribution in [-0.2, 0) is 14.8 Å². The van der Waals surface area contributed by atoms with Crippen molar-refractivity contribution in [2.45, 2.75) is 62.5 Å². The lowest BCUT2D eigenvalue weighted by Crippen LogP contribution is -2.48. The van der Waals surface area contributed by atoms with E-state index in [-0.39, 0.29) is 53.2 Å². The zero-order chi connectivity index (χ0) is 34.8. The first-order valence-corrected chi connectivity index (χ1v) is 18.3. The monoisotopic (exact) mass is 702 g/mol. The molecule has 4 atom stereocenters. The lowest BCUT2D eigenvalue weighted by atomic mass is 10.0. The van der Waals surface area contributed by atoms with E-state index in [2.05, 4.69) is 10.0 Å². The van der Waals surface area contributed by atoms with E-state index in [0.29, 0.717) is 30.2 Å². The minimum absolute atomic E-state index is 0.150. The summed E-state index contributed by atoms with van der Waals surface area (Å²) in [5.41, 5.74) is 1.00. The first-order chi connectivity index (χ1) is 22.9. The number of urea groups is 1. The topological polar surface area (TPSA) is 147 Å². The van der Waals surface area contributed by atoms with Gasteiger partial charge in [-0.1, -0.05) is 13.0 Å². The summed E-state index contributed by atoms with van der Waals surface area (Å²) < 4.78 is 46.5. The molecule has 0 aliphatic carbocycles. The van der Waals surface area contributed by atoms with Gasteiger partial charge in [-0.3, -0.25) is 9.52 Å². The number of aliphatic hydroxyl groups excluding tert-OH is 1. The summed E-state index contributed by atoms with van der Waals surface area (Å²) in [5.74, 6) is 0.322. The van der Waals surface area contributed by atoms with E-state index in [1.54, 1.807) is 78.7 Å². The molecule has 0 spiro atoms. The van der Waals surface area contributed by atoms with Gasteiger partial charge in [-0.2, -0.15) is 0 Å². The minimum atomic E-state index is -3.86. The zero-order valence-electron chi connectivity index (χ0n) is 28.0. The van der Waals surface area contributed by atoms with E-state index in [9.17, 15) is 23.1 Å². The van der Waals surface area contributed by atoms with Crippen molar-refractivity contribution in [1.82, 2.24) is 9.80 Å². The molecule has 1 aliphatic rings. The number of rotatable bonds is 9. The molecule has 3 amide bonds. The number of sulfonamides is 1. The molecule has 0 fully saturated rings. The van der Waals surface area contributed by atoms with Crippen molar-refractivity contribution in [3.8, 4) is 11.5 Å². The number of likely N-dealkylation sites (N-methyl/N-ethyl adjacent to an activating group) is 1. The van der Waals surface area contributed by atoms with Gasteiger partial charge in [0.25, 0.3) is 15.9 Å². The highest BCUT2D eigenvalue weighted by molar-refractivity contribution is 7.94. The number of methoxy groups -OCH3 is 1. The number of hydrogen-bond donors (Lipinski definition) is 3. The summed E-state index contributed by atoms with van der Waals surface area (Å²) in [4.78, 5) is 30.6. The summed E-state index contributed by atoms with van der Waals surface area (Å²) in [6.07, 6.45) is 1.61. The minimum Gasteiger partial charge on any atom is -0.497 e. The summed E-state index contributed by atoms with van der Waals surface area (Å²) >= 11 is 1.09. The summed E-state index contributed by atoms with van der Waals surface area (Å²) in [5, 5.41) is 14.8. The van der Waals surface area contributed by atoms with Crippen LogP contribution in [0.15, 0.2) is 64.2 Å². The molecule has 1 aliphatic heterocycles. The average molecular weight is 703 g/mol. The largest absolute Gasteiger partial charge is 0.497 e. The van der Waals surface area contributed by atoms with Crippen LogP contribution in [0.3, 0.4) is 0 Å². The highest BCUT2D eigenvalue weighted by atomic mass is 32.2. The molecule has 4 rings (SSSR count). The van der Waals surface area contributed by atoms with Crippen LogP contribution in [0.1, 0.15) is 50.4 Å². The smallest absolute Gasteiger partial charge is 0.321 e. The number of benzene rings is 2. The fourth-order valence-corrected chi connectivity index (χ4v) is 7.36. The van der Waals surface area contributed by atoms with Gasteiger partial charge in [-0.15, -0.1) is 11.3 Å². The Morgan fingerprint density at radius 2 is 1.88 bits per heavy atom. The third kappa shape index (κ3) is 9.84. The second kappa shape index (κ2) is 17.0. The van der Waals surface area contributed by atoms with E-state index in [4.69, 9.17) is 14.2 Å². The average Bonchev–Trinajstić information content (AvgIpc) is 3.63. The number of carbonyl (C=O) groups is 2. The lowest BCUT2D eigenvalue weighted by molar-refractivity contribution is -0.0115. The standard InChI is InChI=1S/C34H46N4O8S2/c1-23-20-38(24(2)22-39)33(40)29-19-27(36-48(42,43)32-10-8-18-47-32)13-16-30(29)46-25(3)9-6-7-17-45-31(23)21-37(4)34(41)35-26-11-14-28(44-5)15-12-26/h8,10-16,18-19,23-25,31,36,39H,6-7,9,17,20-22H2,1-5H3,(H,35,41)/t23-,24+,25+,31+/m0/s1. The molecular formula is C34H46N4O8S2. The number of aliphatic hydroxyl groups is 1. The Hall–Kier alpha value is -3.85. The summed E-state index contributed by atoms with van der Waals surface area (Å²) in [6.45, 7) is 6.22. The van der Waals surface area contributed by atoms with Gasteiger partial charge in [-0.05, 0) is 87.0 Å². The molecule has 12 nitrogen and oxygen atoms in total. The van der Waals surface area contributed by atoms with Crippen molar-refractivity contribution in [1.29, 1.82) is 0 Å². The number of ether oxygens (including phenoxy) is 3. The number of nitrogens with zero attached hydrogens (tertiary/aromatic N) is 2. The number of thiophene rings is 1. The van der Waals surface area contributed by atoms with Crippen molar-refractivity contribution in [3.05, 3.63) is 65.5 Å². The third-order valence-electron chi connectivity index (χ3n) is 8.21. The van der Waals surface area contributed by atoms with E-state index >= 15 is 0 Å². The van der Waals surface area contributed by atoms with Crippen LogP contribution in [0.2, 0.25) is 0 Å². The van der Waals surface area contributed by atoms with Crippen LogP contribution in [-0.4, -0.2) is 94.0 Å². The fraction of sp³-hybridized carbons (Fsp3) is 0.471. The van der Waals surface area contributed by atoms with Crippen LogP contribution in [0.4, 0.5) is 16.2 Å². The zero-order valence-corrected chi connectivity index (χ0v) is 29.7. The van der Waals surface area contributed by atoms with E-state index in [1.807, 2.05) is 13.8 Å². The number of fused-ring (bicyclic) bond motifs is 1. The fourth-order valence-electron chi connectivity index (χ4n) is 5.32. The maximum Gasteiger partial charge on any atom is 0.321 e. The number of nitrogens with one attached hydrogen (secondary N) is 2. The van der Waals surface area contributed by atoms with Crippen LogP contribution < -0.4 is 19.5 Å². The Balaban J connectivity index is 1.60. The van der Waals surface area contributed by atoms with Crippen molar-refractivity contribution < 1.29 is 37.3 Å². The molecule has 0 unspecified atom stereocenters. The molecule has 2 heterocycles. The predicted octanol–water partition coefficient (Wildman–Crippen LogP) is 5.52. The van der Waals surface area contributed by atoms with Crippen molar-refractivity contribution in [3.63, 3.8) is 0 Å².